The van der Waals surface area contributed by atoms with Crippen molar-refractivity contribution in [2.75, 3.05) is 19.5 Å². The zero-order valence-corrected chi connectivity index (χ0v) is 17.8. The van der Waals surface area contributed by atoms with Crippen LogP contribution in [0.4, 0.5) is 5.82 Å². The number of allylic oxidation sites excluding steroid dienone is 3. The number of carbonyl (C=O) groups excluding carboxylic acids is 2. The van der Waals surface area contributed by atoms with Gasteiger partial charge in [0.15, 0.2) is 17.3 Å². The largest absolute Gasteiger partial charge is 0.493 e. The number of aromatic nitrogens is 1. The summed E-state index contributed by atoms with van der Waals surface area (Å²) >= 11 is 0. The van der Waals surface area contributed by atoms with Gasteiger partial charge >= 0.3 is 0 Å². The fourth-order valence-electron chi connectivity index (χ4n) is 4.27. The second-order valence-corrected chi connectivity index (χ2v) is 7.55. The maximum Gasteiger partial charge on any atom is 0.255 e. The molecule has 7 heteroatoms. The molecule has 1 aromatic heterocycles. The van der Waals surface area contributed by atoms with Crippen LogP contribution in [-0.2, 0) is 9.59 Å². The molecule has 0 radical (unpaired) electrons. The minimum atomic E-state index is -0.507. The molecule has 2 N–H and O–H groups in total. The van der Waals surface area contributed by atoms with Crippen LogP contribution in [0.1, 0.15) is 37.7 Å². The number of methoxy groups -OCH3 is 2. The van der Waals surface area contributed by atoms with Crippen LogP contribution < -0.4 is 20.1 Å². The number of hydrogen-bond donors (Lipinski definition) is 2. The summed E-state index contributed by atoms with van der Waals surface area (Å²) in [4.78, 5) is 30.6. The molecule has 1 amide bonds. The predicted octanol–water partition coefficient (Wildman–Crippen LogP) is 3.71. The molecule has 2 aromatic rings. The number of nitrogens with zero attached hydrogens (tertiary/aromatic N) is 1. The molecule has 1 atom stereocenters. The fraction of sp³-hybridized carbons (Fsp3) is 0.292. The van der Waals surface area contributed by atoms with Gasteiger partial charge in [0.05, 0.1) is 14.2 Å². The number of amides is 1. The van der Waals surface area contributed by atoms with Crippen molar-refractivity contribution < 1.29 is 19.1 Å². The molecule has 0 saturated carbocycles. The van der Waals surface area contributed by atoms with E-state index in [0.717, 1.165) is 29.8 Å². The van der Waals surface area contributed by atoms with E-state index in [1.165, 1.54) is 0 Å². The van der Waals surface area contributed by atoms with E-state index in [1.807, 2.05) is 19.1 Å². The lowest BCUT2D eigenvalue weighted by Crippen LogP contribution is -2.35. The molecule has 7 nitrogen and oxygen atoms in total. The van der Waals surface area contributed by atoms with Crippen LogP contribution in [0, 0.1) is 0 Å². The minimum absolute atomic E-state index is 0.0594. The maximum atomic E-state index is 13.4. The summed E-state index contributed by atoms with van der Waals surface area (Å²) in [6.45, 7) is 1.87. The molecule has 1 aliphatic carbocycles. The van der Waals surface area contributed by atoms with Crippen LogP contribution in [0.15, 0.2) is 65.1 Å². The maximum absolute atomic E-state index is 13.4. The molecule has 0 bridgehead atoms. The summed E-state index contributed by atoms with van der Waals surface area (Å²) in [5.41, 5.74) is 3.55. The fourth-order valence-corrected chi connectivity index (χ4v) is 4.27. The molecule has 4 rings (SSSR count). The molecule has 1 aromatic carbocycles. The number of nitrogens with one attached hydrogen (secondary N) is 2. The van der Waals surface area contributed by atoms with Crippen LogP contribution in [0.25, 0.3) is 0 Å². The lowest BCUT2D eigenvalue weighted by molar-refractivity contribution is -0.116. The lowest BCUT2D eigenvalue weighted by atomic mass is 9.75. The van der Waals surface area contributed by atoms with Crippen LogP contribution in [0.3, 0.4) is 0 Å². The van der Waals surface area contributed by atoms with Crippen molar-refractivity contribution in [3.63, 3.8) is 0 Å². The van der Waals surface area contributed by atoms with Crippen molar-refractivity contribution in [3.05, 3.63) is 70.7 Å². The number of dihydropyridines is 1. The van der Waals surface area contributed by atoms with Crippen molar-refractivity contribution in [2.24, 2.45) is 0 Å². The van der Waals surface area contributed by atoms with Crippen LogP contribution in [0.2, 0.25) is 0 Å². The van der Waals surface area contributed by atoms with Gasteiger partial charge in [-0.2, -0.15) is 0 Å². The SMILES string of the molecule is COc1ccc(C2C(C(=O)Nc3ccccn3)=C(C)NC3=C2C(=O)CCC3)cc1OC. The third kappa shape index (κ3) is 3.91. The molecule has 31 heavy (non-hydrogen) atoms. The van der Waals surface area contributed by atoms with Gasteiger partial charge in [-0.25, -0.2) is 4.98 Å². The van der Waals surface area contributed by atoms with E-state index < -0.39 is 5.92 Å². The van der Waals surface area contributed by atoms with Crippen LogP contribution in [-0.4, -0.2) is 30.9 Å². The van der Waals surface area contributed by atoms with Crippen molar-refractivity contribution >= 4 is 17.5 Å². The number of anilines is 1. The Morgan fingerprint density at radius 1 is 1.13 bits per heavy atom. The quantitative estimate of drug-likeness (QED) is 0.768. The number of rotatable bonds is 5. The van der Waals surface area contributed by atoms with Crippen molar-refractivity contribution in [1.29, 1.82) is 0 Å². The molecular formula is C24H25N3O4. The second-order valence-electron chi connectivity index (χ2n) is 7.55. The van der Waals surface area contributed by atoms with Gasteiger partial charge in [-0.3, -0.25) is 9.59 Å². The lowest BCUT2D eigenvalue weighted by Gasteiger charge is -2.34. The number of ketones is 1. The molecular weight excluding hydrogens is 394 g/mol. The van der Waals surface area contributed by atoms with E-state index >= 15 is 0 Å². The van der Waals surface area contributed by atoms with Crippen molar-refractivity contribution in [2.45, 2.75) is 32.1 Å². The molecule has 0 saturated heterocycles. The minimum Gasteiger partial charge on any atom is -0.493 e. The third-order valence-corrected chi connectivity index (χ3v) is 5.67. The summed E-state index contributed by atoms with van der Waals surface area (Å²) in [6.07, 6.45) is 3.66. The van der Waals surface area contributed by atoms with Gasteiger partial charge in [0, 0.05) is 41.1 Å². The zero-order chi connectivity index (χ0) is 22.0. The summed E-state index contributed by atoms with van der Waals surface area (Å²) in [5.74, 6) is 0.842. The van der Waals surface area contributed by atoms with Gasteiger partial charge in [0.2, 0.25) is 0 Å². The molecule has 0 spiro atoms. The van der Waals surface area contributed by atoms with Gasteiger partial charge < -0.3 is 20.1 Å². The number of benzene rings is 1. The third-order valence-electron chi connectivity index (χ3n) is 5.67. The number of carbonyl (C=O) groups is 2. The van der Waals surface area contributed by atoms with E-state index in [2.05, 4.69) is 15.6 Å². The van der Waals surface area contributed by atoms with Crippen LogP contribution >= 0.6 is 0 Å². The average molecular weight is 419 g/mol. The standard InChI is InChI=1S/C24H25N3O4/c1-14-21(24(29)27-20-9-4-5-12-25-20)22(23-16(26-14)7-6-8-17(23)28)15-10-11-18(30-2)19(13-15)31-3/h4-5,9-13,22,26H,6-8H2,1-3H3,(H,25,27,29). The van der Waals surface area contributed by atoms with Gasteiger partial charge in [0.25, 0.3) is 5.91 Å². The Balaban J connectivity index is 1.82. The first kappa shape index (κ1) is 20.7. The first-order chi connectivity index (χ1) is 15.0. The highest BCUT2D eigenvalue weighted by molar-refractivity contribution is 6.09. The van der Waals surface area contributed by atoms with E-state index in [0.29, 0.717) is 34.9 Å². The Morgan fingerprint density at radius 3 is 2.65 bits per heavy atom. The Morgan fingerprint density at radius 2 is 1.94 bits per heavy atom. The molecule has 2 heterocycles. The summed E-state index contributed by atoms with van der Waals surface area (Å²) in [5, 5.41) is 6.18. The zero-order valence-electron chi connectivity index (χ0n) is 17.8. The summed E-state index contributed by atoms with van der Waals surface area (Å²) in [6, 6.07) is 10.8. The highest BCUT2D eigenvalue weighted by atomic mass is 16.5. The van der Waals surface area contributed by atoms with Gasteiger partial charge in [-0.15, -0.1) is 0 Å². The van der Waals surface area contributed by atoms with Gasteiger partial charge in [-0.05, 0) is 49.6 Å². The van der Waals surface area contributed by atoms with Gasteiger partial charge in [-0.1, -0.05) is 12.1 Å². The van der Waals surface area contributed by atoms with Gasteiger partial charge in [0.1, 0.15) is 5.82 Å². The van der Waals surface area contributed by atoms with E-state index in [4.69, 9.17) is 9.47 Å². The highest BCUT2D eigenvalue weighted by Crippen LogP contribution is 2.44. The number of pyridine rings is 1. The normalized spacial score (nSPS) is 18.3. The number of ether oxygens (including phenoxy) is 2. The Hall–Kier alpha value is -3.61. The first-order valence-electron chi connectivity index (χ1n) is 10.2. The predicted molar refractivity (Wildman–Crippen MR) is 117 cm³/mol. The Kier molecular flexibility index (Phi) is 5.75. The highest BCUT2D eigenvalue weighted by Gasteiger charge is 2.38. The summed E-state index contributed by atoms with van der Waals surface area (Å²) < 4.78 is 10.8. The van der Waals surface area contributed by atoms with Crippen molar-refractivity contribution in [1.82, 2.24) is 10.3 Å². The second kappa shape index (κ2) is 8.63. The monoisotopic (exact) mass is 419 g/mol. The molecule has 160 valence electrons. The topological polar surface area (TPSA) is 89.5 Å². The first-order valence-corrected chi connectivity index (χ1v) is 10.2. The van der Waals surface area contributed by atoms with Crippen molar-refractivity contribution in [3.8, 4) is 11.5 Å². The Bertz CT molecular complexity index is 1090. The molecule has 2 aliphatic rings. The van der Waals surface area contributed by atoms with E-state index in [-0.39, 0.29) is 11.7 Å². The Labute approximate surface area is 181 Å². The molecule has 1 aliphatic heterocycles. The van der Waals surface area contributed by atoms with Crippen LogP contribution in [0.5, 0.6) is 11.5 Å². The number of Topliss-reactive ketones (excluding diaryl/α,β-unsaturated/α-hetero) is 1. The molecule has 0 fully saturated rings. The van der Waals surface area contributed by atoms with E-state index in [9.17, 15) is 9.59 Å². The molecule has 1 unspecified atom stereocenters. The smallest absolute Gasteiger partial charge is 0.255 e. The average Bonchev–Trinajstić information content (AvgIpc) is 2.78. The summed E-state index contributed by atoms with van der Waals surface area (Å²) in [7, 11) is 3.14. The number of hydrogen-bond acceptors (Lipinski definition) is 6. The van der Waals surface area contributed by atoms with E-state index in [1.54, 1.807) is 44.7 Å².